The maximum absolute atomic E-state index is 12.3. The van der Waals surface area contributed by atoms with Gasteiger partial charge in [-0.3, -0.25) is 9.36 Å². The van der Waals surface area contributed by atoms with Crippen molar-refractivity contribution < 1.29 is 9.21 Å². The summed E-state index contributed by atoms with van der Waals surface area (Å²) < 4.78 is 6.64. The topological polar surface area (TPSA) is 77.1 Å². The molecule has 4 rings (SSSR count). The molecule has 2 heterocycles. The van der Waals surface area contributed by atoms with Crippen LogP contribution < -0.4 is 11.1 Å². The standard InChI is InChI=1S/C20H16ClN3O3S/c21-14-7-5-13(6-8-14)11-15-12-22-19(28-15)23-18(25)9-10-24-16-3-1-2-4-17(16)27-20(24)26/h1-8,12H,9-11H2,(H,22,23,25). The summed E-state index contributed by atoms with van der Waals surface area (Å²) in [6.45, 7) is 0.241. The molecule has 0 unspecified atom stereocenters. The summed E-state index contributed by atoms with van der Waals surface area (Å²) in [4.78, 5) is 29.5. The van der Waals surface area contributed by atoms with Crippen molar-refractivity contribution in [3.05, 3.63) is 80.7 Å². The zero-order valence-corrected chi connectivity index (χ0v) is 16.3. The van der Waals surface area contributed by atoms with Crippen molar-refractivity contribution in [1.29, 1.82) is 0 Å². The van der Waals surface area contributed by atoms with Gasteiger partial charge in [-0.25, -0.2) is 9.78 Å². The molecule has 1 amide bonds. The minimum Gasteiger partial charge on any atom is -0.408 e. The van der Waals surface area contributed by atoms with Crippen molar-refractivity contribution in [1.82, 2.24) is 9.55 Å². The first-order valence-electron chi connectivity index (χ1n) is 8.66. The van der Waals surface area contributed by atoms with Gasteiger partial charge in [-0.05, 0) is 29.8 Å². The maximum Gasteiger partial charge on any atom is 0.419 e. The van der Waals surface area contributed by atoms with Crippen LogP contribution in [0.15, 0.2) is 63.9 Å². The highest BCUT2D eigenvalue weighted by molar-refractivity contribution is 7.15. The molecule has 2 aromatic carbocycles. The van der Waals surface area contributed by atoms with Crippen LogP contribution in [-0.2, 0) is 17.8 Å². The number of aryl methyl sites for hydroxylation is 1. The highest BCUT2D eigenvalue weighted by Crippen LogP contribution is 2.22. The van der Waals surface area contributed by atoms with Crippen molar-refractivity contribution in [2.75, 3.05) is 5.32 Å². The summed E-state index contributed by atoms with van der Waals surface area (Å²) in [6.07, 6.45) is 2.62. The highest BCUT2D eigenvalue weighted by Gasteiger charge is 2.12. The van der Waals surface area contributed by atoms with Crippen LogP contribution in [0.3, 0.4) is 0 Å². The summed E-state index contributed by atoms with van der Waals surface area (Å²) in [5, 5.41) is 4.03. The molecular formula is C20H16ClN3O3S. The van der Waals surface area contributed by atoms with Gasteiger partial charge in [0.05, 0.1) is 5.52 Å². The number of amides is 1. The Hall–Kier alpha value is -2.90. The van der Waals surface area contributed by atoms with Gasteiger partial charge in [0.15, 0.2) is 10.7 Å². The number of benzene rings is 2. The zero-order valence-electron chi connectivity index (χ0n) is 14.7. The molecule has 0 aliphatic rings. The Bertz CT molecular complexity index is 1180. The van der Waals surface area contributed by atoms with Crippen LogP contribution in [0.1, 0.15) is 16.9 Å². The summed E-state index contributed by atoms with van der Waals surface area (Å²) >= 11 is 7.33. The number of nitrogens with zero attached hydrogens (tertiary/aromatic N) is 2. The van der Waals surface area contributed by atoms with E-state index in [1.54, 1.807) is 24.4 Å². The molecule has 2 aromatic heterocycles. The molecular weight excluding hydrogens is 398 g/mol. The Morgan fingerprint density at radius 3 is 2.79 bits per heavy atom. The number of anilines is 1. The third kappa shape index (κ3) is 4.16. The molecule has 8 heteroatoms. The number of para-hydroxylation sites is 2. The number of aromatic nitrogens is 2. The van der Waals surface area contributed by atoms with Crippen molar-refractivity contribution in [2.45, 2.75) is 19.4 Å². The molecule has 28 heavy (non-hydrogen) atoms. The van der Waals surface area contributed by atoms with E-state index in [4.69, 9.17) is 16.0 Å². The number of rotatable bonds is 6. The number of thiazole rings is 1. The van der Waals surface area contributed by atoms with Gasteiger partial charge in [-0.15, -0.1) is 11.3 Å². The summed E-state index contributed by atoms with van der Waals surface area (Å²) in [6, 6.07) is 14.8. The third-order valence-electron chi connectivity index (χ3n) is 4.23. The van der Waals surface area contributed by atoms with Crippen LogP contribution in [0.25, 0.3) is 11.1 Å². The fourth-order valence-corrected chi connectivity index (χ4v) is 3.86. The number of carbonyl (C=O) groups excluding carboxylic acids is 1. The Kier molecular flexibility index (Phi) is 5.27. The number of carbonyl (C=O) groups is 1. The van der Waals surface area contributed by atoms with E-state index in [2.05, 4.69) is 10.3 Å². The minimum atomic E-state index is -0.464. The molecule has 142 valence electrons. The summed E-state index contributed by atoms with van der Waals surface area (Å²) in [5.74, 6) is -0.668. The van der Waals surface area contributed by atoms with E-state index < -0.39 is 5.76 Å². The van der Waals surface area contributed by atoms with Crippen molar-refractivity contribution in [3.8, 4) is 0 Å². The van der Waals surface area contributed by atoms with Crippen LogP contribution in [0.5, 0.6) is 0 Å². The zero-order chi connectivity index (χ0) is 19.5. The predicted molar refractivity (Wildman–Crippen MR) is 110 cm³/mol. The summed E-state index contributed by atoms with van der Waals surface area (Å²) in [7, 11) is 0. The van der Waals surface area contributed by atoms with E-state index in [0.717, 1.165) is 16.9 Å². The number of halogens is 1. The lowest BCUT2D eigenvalue weighted by molar-refractivity contribution is -0.116. The van der Waals surface area contributed by atoms with E-state index in [-0.39, 0.29) is 18.9 Å². The molecule has 0 saturated heterocycles. The van der Waals surface area contributed by atoms with Crippen LogP contribution >= 0.6 is 22.9 Å². The second kappa shape index (κ2) is 8.00. The molecule has 1 N–H and O–H groups in total. The molecule has 0 saturated carbocycles. The highest BCUT2D eigenvalue weighted by atomic mass is 35.5. The van der Waals surface area contributed by atoms with E-state index in [0.29, 0.717) is 21.3 Å². The number of hydrogen-bond donors (Lipinski definition) is 1. The fourth-order valence-electron chi connectivity index (χ4n) is 2.87. The van der Waals surface area contributed by atoms with Gasteiger partial charge in [0, 0.05) is 35.5 Å². The number of nitrogens with one attached hydrogen (secondary N) is 1. The Labute approximate surface area is 169 Å². The van der Waals surface area contributed by atoms with Crippen molar-refractivity contribution in [3.63, 3.8) is 0 Å². The fraction of sp³-hybridized carbons (Fsp3) is 0.150. The maximum atomic E-state index is 12.3. The van der Waals surface area contributed by atoms with Gasteiger partial charge >= 0.3 is 5.76 Å². The second-order valence-electron chi connectivity index (χ2n) is 6.22. The van der Waals surface area contributed by atoms with E-state index in [1.807, 2.05) is 30.3 Å². The number of fused-ring (bicyclic) bond motifs is 1. The number of hydrogen-bond acceptors (Lipinski definition) is 5. The van der Waals surface area contributed by atoms with Crippen LogP contribution in [0.2, 0.25) is 5.02 Å². The predicted octanol–water partition coefficient (Wildman–Crippen LogP) is 4.32. The van der Waals surface area contributed by atoms with E-state index in [9.17, 15) is 9.59 Å². The Morgan fingerprint density at radius 2 is 1.96 bits per heavy atom. The first-order chi connectivity index (χ1) is 13.6. The molecule has 0 fully saturated rings. The molecule has 0 radical (unpaired) electrons. The van der Waals surface area contributed by atoms with Gasteiger partial charge in [-0.1, -0.05) is 35.9 Å². The largest absolute Gasteiger partial charge is 0.419 e. The molecule has 0 spiro atoms. The molecule has 0 bridgehead atoms. The third-order valence-corrected chi connectivity index (χ3v) is 5.39. The van der Waals surface area contributed by atoms with Crippen LogP contribution in [-0.4, -0.2) is 15.5 Å². The van der Waals surface area contributed by atoms with Crippen LogP contribution in [0.4, 0.5) is 5.13 Å². The average molecular weight is 414 g/mol. The monoisotopic (exact) mass is 413 g/mol. The van der Waals surface area contributed by atoms with Crippen molar-refractivity contribution in [2.24, 2.45) is 0 Å². The average Bonchev–Trinajstić information content (AvgIpc) is 3.25. The second-order valence-corrected chi connectivity index (χ2v) is 7.77. The van der Waals surface area contributed by atoms with E-state index >= 15 is 0 Å². The van der Waals surface area contributed by atoms with Crippen LogP contribution in [0, 0.1) is 0 Å². The van der Waals surface area contributed by atoms with Crippen molar-refractivity contribution >= 4 is 45.1 Å². The molecule has 0 aliphatic heterocycles. The van der Waals surface area contributed by atoms with Gasteiger partial charge < -0.3 is 9.73 Å². The normalized spacial score (nSPS) is 11.0. The van der Waals surface area contributed by atoms with Gasteiger partial charge in [0.1, 0.15) is 0 Å². The smallest absolute Gasteiger partial charge is 0.408 e. The van der Waals surface area contributed by atoms with Gasteiger partial charge in [-0.2, -0.15) is 0 Å². The SMILES string of the molecule is O=C(CCn1c(=O)oc2ccccc21)Nc1ncc(Cc2ccc(Cl)cc2)s1. The Balaban J connectivity index is 1.36. The molecule has 6 nitrogen and oxygen atoms in total. The van der Waals surface area contributed by atoms with Gasteiger partial charge in [0.25, 0.3) is 0 Å². The first kappa shape index (κ1) is 18.5. The van der Waals surface area contributed by atoms with Gasteiger partial charge in [0.2, 0.25) is 5.91 Å². The quantitative estimate of drug-likeness (QED) is 0.510. The lowest BCUT2D eigenvalue weighted by Crippen LogP contribution is -2.19. The first-order valence-corrected chi connectivity index (χ1v) is 9.85. The lowest BCUT2D eigenvalue weighted by atomic mass is 10.1. The lowest BCUT2D eigenvalue weighted by Gasteiger charge is -2.03. The Morgan fingerprint density at radius 1 is 1.18 bits per heavy atom. The summed E-state index contributed by atoms with van der Waals surface area (Å²) in [5.41, 5.74) is 2.32. The van der Waals surface area contributed by atoms with E-state index in [1.165, 1.54) is 15.9 Å². The molecule has 0 atom stereocenters. The molecule has 0 aliphatic carbocycles. The minimum absolute atomic E-state index is 0.148. The molecule has 4 aromatic rings. The number of oxazole rings is 1.